The second kappa shape index (κ2) is 3.18. The lowest BCUT2D eigenvalue weighted by molar-refractivity contribution is 1.83. The second-order valence-electron chi connectivity index (χ2n) is 2.31. The zero-order chi connectivity index (χ0) is 8.72. The Kier molecular flexibility index (Phi) is 2.34. The second-order valence-corrected chi connectivity index (χ2v) is 5.13. The molecule has 0 nitrogen and oxygen atoms in total. The Morgan fingerprint density at radius 3 is 2.67 bits per heavy atom. The SMILES string of the molecule is Clc1sc2c(Cl)cccc2c1Br. The molecule has 1 aromatic heterocycles. The van der Waals surface area contributed by atoms with Crippen molar-refractivity contribution in [1.29, 1.82) is 0 Å². The number of rotatable bonds is 0. The van der Waals surface area contributed by atoms with Crippen LogP contribution < -0.4 is 0 Å². The van der Waals surface area contributed by atoms with Crippen molar-refractivity contribution < 1.29 is 0 Å². The molecule has 0 aliphatic heterocycles. The Morgan fingerprint density at radius 2 is 2.00 bits per heavy atom. The largest absolute Gasteiger partial charge is 0.121 e. The smallest absolute Gasteiger partial charge is 0.108 e. The number of hydrogen-bond acceptors (Lipinski definition) is 1. The third-order valence-corrected chi connectivity index (χ3v) is 4.76. The van der Waals surface area contributed by atoms with Gasteiger partial charge in [-0.05, 0) is 22.0 Å². The molecule has 0 saturated heterocycles. The Bertz CT molecular complexity index is 436. The minimum absolute atomic E-state index is 0.748. The average molecular weight is 282 g/mol. The first-order chi connectivity index (χ1) is 5.70. The summed E-state index contributed by atoms with van der Waals surface area (Å²) < 4.78 is 2.72. The number of benzene rings is 1. The quantitative estimate of drug-likeness (QED) is 0.639. The molecule has 12 heavy (non-hydrogen) atoms. The molecule has 62 valence electrons. The van der Waals surface area contributed by atoms with Crippen molar-refractivity contribution in [2.24, 2.45) is 0 Å². The summed E-state index contributed by atoms with van der Waals surface area (Å²) in [6.45, 7) is 0. The van der Waals surface area contributed by atoms with E-state index < -0.39 is 0 Å². The molecule has 2 rings (SSSR count). The van der Waals surface area contributed by atoms with Gasteiger partial charge in [-0.15, -0.1) is 11.3 Å². The van der Waals surface area contributed by atoms with E-state index >= 15 is 0 Å². The molecular formula is C8H3BrCl2S. The molecule has 1 heterocycles. The molecule has 0 amide bonds. The highest BCUT2D eigenvalue weighted by Crippen LogP contribution is 2.41. The van der Waals surface area contributed by atoms with Crippen molar-refractivity contribution in [3.05, 3.63) is 32.0 Å². The van der Waals surface area contributed by atoms with Crippen molar-refractivity contribution in [3.8, 4) is 0 Å². The normalized spacial score (nSPS) is 10.9. The van der Waals surface area contributed by atoms with Crippen molar-refractivity contribution in [3.63, 3.8) is 0 Å². The summed E-state index contributed by atoms with van der Waals surface area (Å²) in [6, 6.07) is 5.77. The van der Waals surface area contributed by atoms with Crippen molar-refractivity contribution in [2.75, 3.05) is 0 Å². The highest BCUT2D eigenvalue weighted by Gasteiger charge is 2.09. The van der Waals surface area contributed by atoms with E-state index in [4.69, 9.17) is 23.2 Å². The Morgan fingerprint density at radius 1 is 1.25 bits per heavy atom. The summed E-state index contributed by atoms with van der Waals surface area (Å²) in [7, 11) is 0. The van der Waals surface area contributed by atoms with Crippen LogP contribution in [0.15, 0.2) is 22.7 Å². The van der Waals surface area contributed by atoms with E-state index in [2.05, 4.69) is 15.9 Å². The fraction of sp³-hybridized carbons (Fsp3) is 0. The van der Waals surface area contributed by atoms with Gasteiger partial charge < -0.3 is 0 Å². The summed E-state index contributed by atoms with van der Waals surface area (Å²) in [4.78, 5) is 0. The van der Waals surface area contributed by atoms with Crippen molar-refractivity contribution in [2.45, 2.75) is 0 Å². The highest BCUT2D eigenvalue weighted by atomic mass is 79.9. The first kappa shape index (κ1) is 8.82. The molecule has 0 bridgehead atoms. The zero-order valence-electron chi connectivity index (χ0n) is 5.77. The summed E-state index contributed by atoms with van der Waals surface area (Å²) in [5.41, 5.74) is 0. The molecule has 0 aliphatic rings. The van der Waals surface area contributed by atoms with Gasteiger partial charge in [0, 0.05) is 5.39 Å². The van der Waals surface area contributed by atoms with Gasteiger partial charge in [0.25, 0.3) is 0 Å². The predicted molar refractivity (Wildman–Crippen MR) is 59.5 cm³/mol. The molecule has 0 saturated carbocycles. The Hall–Kier alpha value is 0.240. The zero-order valence-corrected chi connectivity index (χ0v) is 9.69. The minimum Gasteiger partial charge on any atom is -0.121 e. The van der Waals surface area contributed by atoms with Crippen LogP contribution in [0, 0.1) is 0 Å². The van der Waals surface area contributed by atoms with Gasteiger partial charge in [-0.25, -0.2) is 0 Å². The van der Waals surface area contributed by atoms with E-state index in [0.717, 1.165) is 23.9 Å². The molecule has 2 aromatic rings. The van der Waals surface area contributed by atoms with E-state index in [0.29, 0.717) is 0 Å². The van der Waals surface area contributed by atoms with Crippen LogP contribution in [0.4, 0.5) is 0 Å². The van der Waals surface area contributed by atoms with Gasteiger partial charge in [0.2, 0.25) is 0 Å². The fourth-order valence-electron chi connectivity index (χ4n) is 1.03. The topological polar surface area (TPSA) is 0 Å². The van der Waals surface area contributed by atoms with E-state index in [1.54, 1.807) is 0 Å². The van der Waals surface area contributed by atoms with E-state index in [-0.39, 0.29) is 0 Å². The molecule has 0 spiro atoms. The molecule has 0 radical (unpaired) electrons. The third-order valence-electron chi connectivity index (χ3n) is 1.57. The van der Waals surface area contributed by atoms with Crippen LogP contribution in [0.25, 0.3) is 10.1 Å². The van der Waals surface area contributed by atoms with Gasteiger partial charge >= 0.3 is 0 Å². The fourth-order valence-corrected chi connectivity index (χ4v) is 3.18. The van der Waals surface area contributed by atoms with E-state index in [1.807, 2.05) is 18.2 Å². The lowest BCUT2D eigenvalue weighted by atomic mass is 10.3. The predicted octanol–water partition coefficient (Wildman–Crippen LogP) is 4.97. The van der Waals surface area contributed by atoms with Crippen LogP contribution in [-0.4, -0.2) is 0 Å². The van der Waals surface area contributed by atoms with Crippen LogP contribution in [0.1, 0.15) is 0 Å². The standard InChI is InChI=1S/C8H3BrCl2S/c9-6-4-2-1-3-5(10)7(4)12-8(6)11/h1-3H. The van der Waals surface area contributed by atoms with Crippen LogP contribution >= 0.6 is 50.5 Å². The first-order valence-corrected chi connectivity index (χ1v) is 5.58. The summed E-state index contributed by atoms with van der Waals surface area (Å²) in [5.74, 6) is 0. The maximum absolute atomic E-state index is 5.97. The minimum atomic E-state index is 0.748. The van der Waals surface area contributed by atoms with Crippen molar-refractivity contribution in [1.82, 2.24) is 0 Å². The Labute approximate surface area is 92.2 Å². The van der Waals surface area contributed by atoms with Gasteiger partial charge in [0.05, 0.1) is 14.2 Å². The van der Waals surface area contributed by atoms with Crippen molar-refractivity contribution >= 4 is 60.6 Å². The number of fused-ring (bicyclic) bond motifs is 1. The molecule has 0 fully saturated rings. The number of halogens is 3. The van der Waals surface area contributed by atoms with Crippen LogP contribution in [0.2, 0.25) is 9.36 Å². The first-order valence-electron chi connectivity index (χ1n) is 3.22. The molecule has 0 aliphatic carbocycles. The van der Waals surface area contributed by atoms with Gasteiger partial charge in [-0.1, -0.05) is 35.3 Å². The summed E-state index contributed by atoms with van der Waals surface area (Å²) in [5, 5.41) is 1.84. The highest BCUT2D eigenvalue weighted by molar-refractivity contribution is 9.10. The van der Waals surface area contributed by atoms with Crippen LogP contribution in [0.3, 0.4) is 0 Å². The molecule has 0 N–H and O–H groups in total. The lowest BCUT2D eigenvalue weighted by Gasteiger charge is -1.91. The van der Waals surface area contributed by atoms with Gasteiger partial charge in [0.15, 0.2) is 0 Å². The van der Waals surface area contributed by atoms with Gasteiger partial charge in [-0.3, -0.25) is 0 Å². The monoisotopic (exact) mass is 280 g/mol. The molecule has 0 unspecified atom stereocenters. The Balaban J connectivity index is 2.95. The van der Waals surface area contributed by atoms with Gasteiger partial charge in [0.1, 0.15) is 4.34 Å². The van der Waals surface area contributed by atoms with Crippen LogP contribution in [0.5, 0.6) is 0 Å². The molecule has 4 heteroatoms. The summed E-state index contributed by atoms with van der Waals surface area (Å²) in [6.07, 6.45) is 0. The summed E-state index contributed by atoms with van der Waals surface area (Å²) >= 11 is 16.8. The van der Waals surface area contributed by atoms with E-state index in [1.165, 1.54) is 11.3 Å². The molecule has 0 atom stereocenters. The average Bonchev–Trinajstić information content (AvgIpc) is 2.32. The maximum atomic E-state index is 5.97. The maximum Gasteiger partial charge on any atom is 0.108 e. The molecular weight excluding hydrogens is 279 g/mol. The third kappa shape index (κ3) is 1.27. The number of thiophene rings is 1. The van der Waals surface area contributed by atoms with Crippen LogP contribution in [-0.2, 0) is 0 Å². The van der Waals surface area contributed by atoms with E-state index in [9.17, 15) is 0 Å². The number of hydrogen-bond donors (Lipinski definition) is 0. The molecule has 1 aromatic carbocycles. The lowest BCUT2D eigenvalue weighted by Crippen LogP contribution is -1.64. The van der Waals surface area contributed by atoms with Gasteiger partial charge in [-0.2, -0.15) is 0 Å².